The minimum Gasteiger partial charge on any atom is -0.462 e. The van der Waals surface area contributed by atoms with Crippen LogP contribution in [0.3, 0.4) is 0 Å². The van der Waals surface area contributed by atoms with Gasteiger partial charge in [0.1, 0.15) is 5.82 Å². The van der Waals surface area contributed by atoms with Crippen molar-refractivity contribution in [2.75, 3.05) is 17.2 Å². The number of rotatable bonds is 6. The van der Waals surface area contributed by atoms with Crippen molar-refractivity contribution in [1.29, 1.82) is 0 Å². The van der Waals surface area contributed by atoms with E-state index >= 15 is 0 Å². The number of amides is 2. The van der Waals surface area contributed by atoms with Gasteiger partial charge in [0.2, 0.25) is 0 Å². The van der Waals surface area contributed by atoms with Crippen molar-refractivity contribution in [2.45, 2.75) is 13.8 Å². The van der Waals surface area contributed by atoms with Gasteiger partial charge in [-0.2, -0.15) is 0 Å². The summed E-state index contributed by atoms with van der Waals surface area (Å²) >= 11 is 7.01. The summed E-state index contributed by atoms with van der Waals surface area (Å²) in [6.07, 6.45) is 0. The van der Waals surface area contributed by atoms with Crippen LogP contribution >= 0.6 is 22.9 Å². The second kappa shape index (κ2) is 9.72. The van der Waals surface area contributed by atoms with Gasteiger partial charge >= 0.3 is 5.97 Å². The van der Waals surface area contributed by atoms with Gasteiger partial charge in [-0.15, -0.1) is 11.3 Å². The van der Waals surface area contributed by atoms with E-state index in [0.29, 0.717) is 26.7 Å². The van der Waals surface area contributed by atoms with Gasteiger partial charge in [0.05, 0.1) is 32.6 Å². The van der Waals surface area contributed by atoms with E-state index in [2.05, 4.69) is 10.6 Å². The number of carbonyl (C=O) groups is 3. The van der Waals surface area contributed by atoms with E-state index in [1.165, 1.54) is 12.1 Å². The number of aryl methyl sites for hydroxylation is 1. The largest absolute Gasteiger partial charge is 0.462 e. The Kier molecular flexibility index (Phi) is 7.04. The number of carbonyl (C=O) groups excluding carboxylic acids is 3. The lowest BCUT2D eigenvalue weighted by molar-refractivity contribution is 0.0526. The molecular weight excluding hydrogens is 443 g/mol. The van der Waals surface area contributed by atoms with Crippen LogP contribution in [0.5, 0.6) is 0 Å². The van der Waals surface area contributed by atoms with E-state index in [4.69, 9.17) is 16.3 Å². The zero-order chi connectivity index (χ0) is 22.5. The Labute approximate surface area is 187 Å². The fourth-order valence-corrected chi connectivity index (χ4v) is 3.96. The molecule has 0 atom stereocenters. The maximum absolute atomic E-state index is 13.2. The third-order valence-corrected chi connectivity index (χ3v) is 5.63. The molecule has 0 saturated heterocycles. The number of nitrogens with one attached hydrogen (secondary N) is 2. The highest BCUT2D eigenvalue weighted by molar-refractivity contribution is 7.18. The van der Waals surface area contributed by atoms with Crippen molar-refractivity contribution < 1.29 is 23.5 Å². The molecule has 31 heavy (non-hydrogen) atoms. The average molecular weight is 461 g/mol. The Morgan fingerprint density at radius 2 is 1.84 bits per heavy atom. The molecule has 0 aliphatic heterocycles. The Morgan fingerprint density at radius 1 is 1.06 bits per heavy atom. The third kappa shape index (κ3) is 5.48. The molecule has 1 heterocycles. The number of hydrogen-bond donors (Lipinski definition) is 2. The van der Waals surface area contributed by atoms with E-state index < -0.39 is 17.7 Å². The van der Waals surface area contributed by atoms with Gasteiger partial charge in [0, 0.05) is 5.69 Å². The summed E-state index contributed by atoms with van der Waals surface area (Å²) in [4.78, 5) is 37.4. The van der Waals surface area contributed by atoms with Crippen LogP contribution in [0, 0.1) is 12.7 Å². The number of ether oxygens (including phenoxy) is 1. The minimum atomic E-state index is -0.542. The summed E-state index contributed by atoms with van der Waals surface area (Å²) in [7, 11) is 0. The predicted octanol–water partition coefficient (Wildman–Crippen LogP) is 5.53. The quantitative estimate of drug-likeness (QED) is 0.473. The molecule has 3 aromatic rings. The summed E-state index contributed by atoms with van der Waals surface area (Å²) in [6, 6.07) is 11.6. The van der Waals surface area contributed by atoms with E-state index in [0.717, 1.165) is 23.5 Å². The standard InChI is InChI=1S/C22H18ClFN2O4S/c1-3-30-22(29)13-5-4-6-15(10-13)25-21(28)19-12(2)9-18(31-19)26-20(27)16-8-7-14(24)11-17(16)23/h4-11H,3H2,1-2H3,(H,25,28)(H,26,27). The number of hydrogen-bond acceptors (Lipinski definition) is 5. The zero-order valence-corrected chi connectivity index (χ0v) is 18.2. The fourth-order valence-electron chi connectivity index (χ4n) is 2.75. The van der Waals surface area contributed by atoms with Crippen molar-refractivity contribution in [3.05, 3.63) is 80.9 Å². The van der Waals surface area contributed by atoms with Crippen LogP contribution in [0.25, 0.3) is 0 Å². The molecule has 2 amide bonds. The van der Waals surface area contributed by atoms with Crippen LogP contribution < -0.4 is 10.6 Å². The Morgan fingerprint density at radius 3 is 2.55 bits per heavy atom. The first-order valence-corrected chi connectivity index (χ1v) is 10.4. The van der Waals surface area contributed by atoms with Gasteiger partial charge in [-0.3, -0.25) is 9.59 Å². The van der Waals surface area contributed by atoms with E-state index in [-0.39, 0.29) is 23.1 Å². The molecule has 0 aliphatic rings. The Hall–Kier alpha value is -3.23. The number of benzene rings is 2. The number of esters is 1. The van der Waals surface area contributed by atoms with Gasteiger partial charge in [0.25, 0.3) is 11.8 Å². The van der Waals surface area contributed by atoms with Crippen molar-refractivity contribution in [1.82, 2.24) is 0 Å². The lowest BCUT2D eigenvalue weighted by Gasteiger charge is -2.07. The molecule has 0 unspecified atom stereocenters. The number of halogens is 2. The van der Waals surface area contributed by atoms with Crippen LogP contribution in [-0.2, 0) is 4.74 Å². The monoisotopic (exact) mass is 460 g/mol. The van der Waals surface area contributed by atoms with Crippen LogP contribution in [0.1, 0.15) is 42.9 Å². The molecule has 0 bridgehead atoms. The normalized spacial score (nSPS) is 10.5. The van der Waals surface area contributed by atoms with Crippen LogP contribution in [0.2, 0.25) is 5.02 Å². The smallest absolute Gasteiger partial charge is 0.338 e. The predicted molar refractivity (Wildman–Crippen MR) is 119 cm³/mol. The molecule has 1 aromatic heterocycles. The Bertz CT molecular complexity index is 1160. The third-order valence-electron chi connectivity index (χ3n) is 4.17. The molecule has 3 rings (SSSR count). The molecule has 0 fully saturated rings. The molecule has 0 aliphatic carbocycles. The summed E-state index contributed by atoms with van der Waals surface area (Å²) < 4.78 is 18.1. The molecule has 2 aromatic carbocycles. The van der Waals surface area contributed by atoms with Crippen molar-refractivity contribution in [3.8, 4) is 0 Å². The van der Waals surface area contributed by atoms with Crippen molar-refractivity contribution >= 4 is 51.4 Å². The second-order valence-electron chi connectivity index (χ2n) is 6.46. The lowest BCUT2D eigenvalue weighted by Crippen LogP contribution is -2.12. The Balaban J connectivity index is 1.73. The maximum atomic E-state index is 13.2. The summed E-state index contributed by atoms with van der Waals surface area (Å²) in [5.74, 6) is -1.92. The van der Waals surface area contributed by atoms with Gasteiger partial charge in [-0.25, -0.2) is 9.18 Å². The summed E-state index contributed by atoms with van der Waals surface area (Å²) in [6.45, 7) is 3.70. The molecule has 9 heteroatoms. The van der Waals surface area contributed by atoms with Crippen LogP contribution in [-0.4, -0.2) is 24.4 Å². The molecule has 0 radical (unpaired) electrons. The highest BCUT2D eigenvalue weighted by Crippen LogP contribution is 2.29. The van der Waals surface area contributed by atoms with E-state index in [1.807, 2.05) is 0 Å². The van der Waals surface area contributed by atoms with Crippen molar-refractivity contribution in [2.24, 2.45) is 0 Å². The highest BCUT2D eigenvalue weighted by atomic mass is 35.5. The van der Waals surface area contributed by atoms with Gasteiger partial charge in [-0.1, -0.05) is 17.7 Å². The lowest BCUT2D eigenvalue weighted by atomic mass is 10.2. The first-order chi connectivity index (χ1) is 14.8. The maximum Gasteiger partial charge on any atom is 0.338 e. The molecular formula is C22H18ClFN2O4S. The minimum absolute atomic E-state index is 0.00905. The molecule has 2 N–H and O–H groups in total. The first-order valence-electron chi connectivity index (χ1n) is 9.24. The topological polar surface area (TPSA) is 84.5 Å². The van der Waals surface area contributed by atoms with E-state index in [1.54, 1.807) is 38.1 Å². The molecule has 0 spiro atoms. The van der Waals surface area contributed by atoms with Crippen LogP contribution in [0.4, 0.5) is 15.1 Å². The van der Waals surface area contributed by atoms with Gasteiger partial charge in [0.15, 0.2) is 0 Å². The van der Waals surface area contributed by atoms with E-state index in [9.17, 15) is 18.8 Å². The molecule has 160 valence electrons. The first kappa shape index (κ1) is 22.5. The van der Waals surface area contributed by atoms with Crippen molar-refractivity contribution in [3.63, 3.8) is 0 Å². The molecule has 0 saturated carbocycles. The van der Waals surface area contributed by atoms with Crippen LogP contribution in [0.15, 0.2) is 48.5 Å². The van der Waals surface area contributed by atoms with Gasteiger partial charge < -0.3 is 15.4 Å². The second-order valence-corrected chi connectivity index (χ2v) is 7.92. The summed E-state index contributed by atoms with van der Waals surface area (Å²) in [5.41, 5.74) is 1.54. The summed E-state index contributed by atoms with van der Waals surface area (Å²) in [5, 5.41) is 5.84. The number of anilines is 2. The highest BCUT2D eigenvalue weighted by Gasteiger charge is 2.18. The molecule has 6 nitrogen and oxygen atoms in total. The average Bonchev–Trinajstić information content (AvgIpc) is 3.08. The SMILES string of the molecule is CCOC(=O)c1cccc(NC(=O)c2sc(NC(=O)c3ccc(F)cc3Cl)cc2C)c1. The fraction of sp³-hybridized carbons (Fsp3) is 0.136. The number of thiophene rings is 1. The van der Waals surface area contributed by atoms with Gasteiger partial charge in [-0.05, 0) is 61.9 Å². The zero-order valence-electron chi connectivity index (χ0n) is 16.6.